The summed E-state index contributed by atoms with van der Waals surface area (Å²) in [7, 11) is 0. The number of carbonyl (C=O) groups is 1. The Bertz CT molecular complexity index is 425. The van der Waals surface area contributed by atoms with E-state index in [2.05, 4.69) is 5.32 Å². The summed E-state index contributed by atoms with van der Waals surface area (Å²) in [5.41, 5.74) is 8.29. The van der Waals surface area contributed by atoms with Gasteiger partial charge in [0.15, 0.2) is 6.54 Å². The zero-order chi connectivity index (χ0) is 13.0. The first-order chi connectivity index (χ1) is 8.65. The third kappa shape index (κ3) is 3.47. The maximum Gasteiger partial charge on any atom is 0.279 e. The Kier molecular flexibility index (Phi) is 4.20. The molecular weight excluding hydrogens is 226 g/mol. The Hall–Kier alpha value is -1.55. The van der Waals surface area contributed by atoms with Crippen molar-refractivity contribution in [1.29, 1.82) is 0 Å². The van der Waals surface area contributed by atoms with Crippen LogP contribution in [0.25, 0.3) is 0 Å². The fraction of sp³-hybridized carbons (Fsp3) is 0.500. The molecule has 0 radical (unpaired) electrons. The molecule has 4 nitrogen and oxygen atoms in total. The van der Waals surface area contributed by atoms with Gasteiger partial charge >= 0.3 is 0 Å². The molecule has 0 saturated carbocycles. The summed E-state index contributed by atoms with van der Waals surface area (Å²) in [6.07, 6.45) is 3.78. The molecule has 1 aromatic rings. The highest BCUT2D eigenvalue weighted by Gasteiger charge is 2.17. The number of hydrogen-bond acceptors (Lipinski definition) is 2. The lowest BCUT2D eigenvalue weighted by Gasteiger charge is -2.23. The van der Waals surface area contributed by atoms with Gasteiger partial charge in [-0.25, -0.2) is 0 Å². The van der Waals surface area contributed by atoms with Crippen molar-refractivity contribution in [3.05, 3.63) is 23.8 Å². The van der Waals surface area contributed by atoms with Crippen LogP contribution in [0, 0.1) is 6.92 Å². The minimum Gasteiger partial charge on any atom is -0.399 e. The standard InChI is InChI=1S/C14H21N3O/c1-11-5-6-12(15)9-13(11)16-14(18)10-17-7-3-2-4-8-17/h5-6,9H,2-4,7-8,10,15H2,1H3,(H,16,18)/p+1. The zero-order valence-electron chi connectivity index (χ0n) is 11.0. The number of nitrogens with two attached hydrogens (primary N) is 1. The number of benzene rings is 1. The summed E-state index contributed by atoms with van der Waals surface area (Å²) in [4.78, 5) is 13.4. The second-order valence-electron chi connectivity index (χ2n) is 5.11. The van der Waals surface area contributed by atoms with Crippen LogP contribution < -0.4 is 16.0 Å². The zero-order valence-corrected chi connectivity index (χ0v) is 11.0. The van der Waals surface area contributed by atoms with Gasteiger partial charge < -0.3 is 16.0 Å². The summed E-state index contributed by atoms with van der Waals surface area (Å²) in [6, 6.07) is 5.60. The summed E-state index contributed by atoms with van der Waals surface area (Å²) in [5, 5.41) is 2.96. The van der Waals surface area contributed by atoms with E-state index in [1.165, 1.54) is 24.2 Å². The summed E-state index contributed by atoms with van der Waals surface area (Å²) in [6.45, 7) is 4.77. The Morgan fingerprint density at radius 2 is 2.06 bits per heavy atom. The van der Waals surface area contributed by atoms with E-state index in [0.29, 0.717) is 12.2 Å². The van der Waals surface area contributed by atoms with Crippen LogP contribution in [0.4, 0.5) is 11.4 Å². The van der Waals surface area contributed by atoms with E-state index in [0.717, 1.165) is 24.3 Å². The lowest BCUT2D eigenvalue weighted by atomic mass is 10.1. The van der Waals surface area contributed by atoms with E-state index in [4.69, 9.17) is 5.73 Å². The highest BCUT2D eigenvalue weighted by atomic mass is 16.2. The predicted molar refractivity (Wildman–Crippen MR) is 73.6 cm³/mol. The molecule has 4 heteroatoms. The molecule has 0 bridgehead atoms. The van der Waals surface area contributed by atoms with E-state index >= 15 is 0 Å². The highest BCUT2D eigenvalue weighted by molar-refractivity contribution is 5.92. The van der Waals surface area contributed by atoms with Crippen LogP contribution in [-0.4, -0.2) is 25.5 Å². The number of rotatable bonds is 3. The lowest BCUT2D eigenvalue weighted by molar-refractivity contribution is -0.896. The van der Waals surface area contributed by atoms with Gasteiger partial charge in [0.1, 0.15) is 0 Å². The molecule has 4 N–H and O–H groups in total. The molecule has 2 rings (SSSR count). The van der Waals surface area contributed by atoms with Crippen LogP contribution in [0.2, 0.25) is 0 Å². The molecular formula is C14H22N3O+. The minimum atomic E-state index is 0.0839. The number of quaternary nitrogens is 1. The number of carbonyl (C=O) groups excluding carboxylic acids is 1. The molecule has 1 heterocycles. The molecule has 1 aliphatic rings. The quantitative estimate of drug-likeness (QED) is 0.686. The Morgan fingerprint density at radius 1 is 1.33 bits per heavy atom. The van der Waals surface area contributed by atoms with E-state index in [1.807, 2.05) is 25.1 Å². The lowest BCUT2D eigenvalue weighted by Crippen LogP contribution is -3.13. The molecule has 18 heavy (non-hydrogen) atoms. The van der Waals surface area contributed by atoms with Gasteiger partial charge in [0.05, 0.1) is 13.1 Å². The van der Waals surface area contributed by atoms with E-state index in [1.54, 1.807) is 0 Å². The molecule has 1 saturated heterocycles. The average Bonchev–Trinajstić information content (AvgIpc) is 2.35. The van der Waals surface area contributed by atoms with Crippen LogP contribution in [-0.2, 0) is 4.79 Å². The monoisotopic (exact) mass is 248 g/mol. The molecule has 1 fully saturated rings. The number of anilines is 2. The average molecular weight is 248 g/mol. The summed E-state index contributed by atoms with van der Waals surface area (Å²) >= 11 is 0. The topological polar surface area (TPSA) is 59.6 Å². The van der Waals surface area contributed by atoms with Crippen LogP contribution in [0.3, 0.4) is 0 Å². The Balaban J connectivity index is 1.92. The fourth-order valence-corrected chi connectivity index (χ4v) is 2.42. The number of hydrogen-bond donors (Lipinski definition) is 3. The SMILES string of the molecule is Cc1ccc(N)cc1NC(=O)C[NH+]1CCCCC1. The van der Waals surface area contributed by atoms with Gasteiger partial charge in [0.25, 0.3) is 5.91 Å². The van der Waals surface area contributed by atoms with Crippen molar-refractivity contribution in [3.8, 4) is 0 Å². The molecule has 1 amide bonds. The van der Waals surface area contributed by atoms with Gasteiger partial charge in [-0.1, -0.05) is 6.07 Å². The van der Waals surface area contributed by atoms with Gasteiger partial charge in [-0.15, -0.1) is 0 Å². The Morgan fingerprint density at radius 3 is 2.78 bits per heavy atom. The second-order valence-corrected chi connectivity index (χ2v) is 5.11. The van der Waals surface area contributed by atoms with Crippen molar-refractivity contribution < 1.29 is 9.69 Å². The fourth-order valence-electron chi connectivity index (χ4n) is 2.42. The first-order valence-electron chi connectivity index (χ1n) is 6.65. The van der Waals surface area contributed by atoms with Gasteiger partial charge in [-0.05, 0) is 43.9 Å². The molecule has 0 aliphatic carbocycles. The molecule has 0 spiro atoms. The third-order valence-corrected chi connectivity index (χ3v) is 3.51. The van der Waals surface area contributed by atoms with Crippen molar-refractivity contribution >= 4 is 17.3 Å². The summed E-state index contributed by atoms with van der Waals surface area (Å²) < 4.78 is 0. The van der Waals surface area contributed by atoms with Crippen LogP contribution >= 0.6 is 0 Å². The maximum atomic E-state index is 12.0. The first kappa shape index (κ1) is 12.9. The Labute approximate surface area is 108 Å². The number of nitrogens with one attached hydrogen (secondary N) is 2. The number of amides is 1. The molecule has 0 aromatic heterocycles. The predicted octanol–water partition coefficient (Wildman–Crippen LogP) is 0.585. The molecule has 1 aromatic carbocycles. The minimum absolute atomic E-state index is 0.0839. The molecule has 98 valence electrons. The van der Waals surface area contributed by atoms with Gasteiger partial charge in [0, 0.05) is 11.4 Å². The van der Waals surface area contributed by atoms with Crippen molar-refractivity contribution in [2.24, 2.45) is 0 Å². The molecule has 0 atom stereocenters. The van der Waals surface area contributed by atoms with Crippen LogP contribution in [0.5, 0.6) is 0 Å². The van der Waals surface area contributed by atoms with Gasteiger partial charge in [0.2, 0.25) is 0 Å². The van der Waals surface area contributed by atoms with Crippen LogP contribution in [0.1, 0.15) is 24.8 Å². The number of nitrogen functional groups attached to an aromatic ring is 1. The van der Waals surface area contributed by atoms with E-state index in [-0.39, 0.29) is 5.91 Å². The first-order valence-corrected chi connectivity index (χ1v) is 6.65. The number of aryl methyl sites for hydroxylation is 1. The third-order valence-electron chi connectivity index (χ3n) is 3.51. The van der Waals surface area contributed by atoms with E-state index < -0.39 is 0 Å². The van der Waals surface area contributed by atoms with Gasteiger partial charge in [-0.3, -0.25) is 4.79 Å². The van der Waals surface area contributed by atoms with Crippen LogP contribution in [0.15, 0.2) is 18.2 Å². The van der Waals surface area contributed by atoms with Crippen molar-refractivity contribution in [1.82, 2.24) is 0 Å². The molecule has 1 aliphatic heterocycles. The number of likely N-dealkylation sites (tertiary alicyclic amines) is 1. The van der Waals surface area contributed by atoms with Crippen molar-refractivity contribution in [2.75, 3.05) is 30.7 Å². The maximum absolute atomic E-state index is 12.0. The van der Waals surface area contributed by atoms with Crippen molar-refractivity contribution in [3.63, 3.8) is 0 Å². The van der Waals surface area contributed by atoms with Crippen molar-refractivity contribution in [2.45, 2.75) is 26.2 Å². The number of piperidine rings is 1. The highest BCUT2D eigenvalue weighted by Crippen LogP contribution is 2.17. The largest absolute Gasteiger partial charge is 0.399 e. The van der Waals surface area contributed by atoms with E-state index in [9.17, 15) is 4.79 Å². The second kappa shape index (κ2) is 5.87. The normalized spacial score (nSPS) is 16.5. The summed E-state index contributed by atoms with van der Waals surface area (Å²) in [5.74, 6) is 0.0839. The smallest absolute Gasteiger partial charge is 0.279 e. The van der Waals surface area contributed by atoms with Gasteiger partial charge in [-0.2, -0.15) is 0 Å². The molecule has 0 unspecified atom stereocenters.